The van der Waals surface area contributed by atoms with E-state index in [-0.39, 0.29) is 4.90 Å². The Labute approximate surface area is 88.1 Å². The van der Waals surface area contributed by atoms with E-state index >= 15 is 0 Å². The first-order valence-corrected chi connectivity index (χ1v) is 5.89. The fourth-order valence-corrected chi connectivity index (χ4v) is 1.95. The number of hydrogen-bond donors (Lipinski definition) is 1. The summed E-state index contributed by atoms with van der Waals surface area (Å²) in [6.45, 7) is 0. The Morgan fingerprint density at radius 1 is 1.43 bits per heavy atom. The van der Waals surface area contributed by atoms with E-state index in [1.165, 1.54) is 18.2 Å². The van der Waals surface area contributed by atoms with E-state index in [1.54, 1.807) is 0 Å². The number of fused-ring (bicyclic) bond motifs is 1. The van der Waals surface area contributed by atoms with Gasteiger partial charge in [-0.25, -0.2) is 18.5 Å². The summed E-state index contributed by atoms with van der Waals surface area (Å²) in [4.78, 5) is 4.26. The van der Waals surface area contributed by atoms with E-state index in [0.717, 1.165) is 0 Å². The topological polar surface area (TPSA) is 86.2 Å². The molecule has 1 aromatic heterocycles. The van der Waals surface area contributed by atoms with Crippen LogP contribution in [0.25, 0.3) is 11.1 Å². The summed E-state index contributed by atoms with van der Waals surface area (Å²) < 4.78 is 27.1. The van der Waals surface area contributed by atoms with Crippen LogP contribution in [0, 0.1) is 0 Å². The Balaban J connectivity index is 2.74. The molecule has 7 heteroatoms. The maximum Gasteiger partial charge on any atom is 0.265 e. The summed E-state index contributed by atoms with van der Waals surface area (Å²) in [5, 5.41) is 4.95. The lowest BCUT2D eigenvalue weighted by Gasteiger charge is -1.95. The number of rotatable bonds is 1. The molecule has 0 aliphatic heterocycles. The fraction of sp³-hybridized carbons (Fsp3) is 0. The van der Waals surface area contributed by atoms with Crippen LogP contribution in [-0.4, -0.2) is 13.4 Å². The number of benzene rings is 1. The van der Waals surface area contributed by atoms with Crippen LogP contribution in [0.2, 0.25) is 0 Å². The van der Waals surface area contributed by atoms with E-state index < -0.39 is 10.0 Å². The minimum absolute atomic E-state index is 0.00801. The van der Waals surface area contributed by atoms with Gasteiger partial charge in [-0.3, -0.25) is 0 Å². The van der Waals surface area contributed by atoms with Gasteiger partial charge in [-0.05, 0) is 12.1 Å². The van der Waals surface area contributed by atoms with Crippen LogP contribution in [0.15, 0.2) is 32.3 Å². The van der Waals surface area contributed by atoms with Crippen LogP contribution in [0.3, 0.4) is 0 Å². The zero-order valence-corrected chi connectivity index (χ0v) is 9.17. The molecule has 74 valence electrons. The first kappa shape index (κ1) is 9.63. The van der Waals surface area contributed by atoms with E-state index in [4.69, 9.17) is 9.56 Å². The second-order valence-electron chi connectivity index (χ2n) is 2.64. The number of nitrogens with zero attached hydrogens (tertiary/aromatic N) is 1. The summed E-state index contributed by atoms with van der Waals surface area (Å²) in [5.41, 5.74) is 0.952. The molecule has 0 radical (unpaired) electrons. The predicted octanol–water partition coefficient (Wildman–Crippen LogP) is 1.24. The zero-order chi connectivity index (χ0) is 10.3. The molecule has 0 amide bonds. The van der Waals surface area contributed by atoms with Crippen LogP contribution in [0.1, 0.15) is 0 Å². The molecule has 0 spiro atoms. The largest absolute Gasteiger partial charge is 0.431 e. The quantitative estimate of drug-likeness (QED) is 0.849. The number of oxazole rings is 1. The van der Waals surface area contributed by atoms with E-state index in [2.05, 4.69) is 20.9 Å². The number of primary sulfonamides is 1. The maximum atomic E-state index is 11.0. The van der Waals surface area contributed by atoms with Crippen molar-refractivity contribution in [1.29, 1.82) is 0 Å². The molecule has 1 heterocycles. The van der Waals surface area contributed by atoms with Crippen molar-refractivity contribution in [1.82, 2.24) is 4.98 Å². The summed E-state index contributed by atoms with van der Waals surface area (Å²) in [7, 11) is -3.69. The second-order valence-corrected chi connectivity index (χ2v) is 4.88. The van der Waals surface area contributed by atoms with E-state index in [0.29, 0.717) is 15.9 Å². The SMILES string of the molecule is NS(=O)(=O)c1ccc2nc(Br)oc2c1. The van der Waals surface area contributed by atoms with Crippen molar-refractivity contribution in [2.75, 3.05) is 0 Å². The van der Waals surface area contributed by atoms with Gasteiger partial charge in [0.25, 0.3) is 4.80 Å². The van der Waals surface area contributed by atoms with E-state index in [1.807, 2.05) is 0 Å². The second kappa shape index (κ2) is 3.04. The molecule has 2 rings (SSSR count). The Morgan fingerprint density at radius 2 is 2.14 bits per heavy atom. The van der Waals surface area contributed by atoms with Gasteiger partial charge in [-0.2, -0.15) is 0 Å². The summed E-state index contributed by atoms with van der Waals surface area (Å²) in [6.07, 6.45) is 0. The molecule has 0 fully saturated rings. The Bertz CT molecular complexity index is 590. The highest BCUT2D eigenvalue weighted by atomic mass is 79.9. The minimum atomic E-state index is -3.69. The monoisotopic (exact) mass is 276 g/mol. The minimum Gasteiger partial charge on any atom is -0.431 e. The van der Waals surface area contributed by atoms with Crippen molar-refractivity contribution < 1.29 is 12.8 Å². The number of aromatic nitrogens is 1. The highest BCUT2D eigenvalue weighted by molar-refractivity contribution is 9.10. The average Bonchev–Trinajstić information content (AvgIpc) is 2.41. The van der Waals surface area contributed by atoms with Gasteiger partial charge in [0.1, 0.15) is 5.52 Å². The zero-order valence-electron chi connectivity index (χ0n) is 6.77. The normalized spacial score (nSPS) is 12.1. The van der Waals surface area contributed by atoms with Gasteiger partial charge in [0.2, 0.25) is 10.0 Å². The van der Waals surface area contributed by atoms with Crippen molar-refractivity contribution in [3.8, 4) is 0 Å². The lowest BCUT2D eigenvalue weighted by molar-refractivity contribution is 0.568. The lowest BCUT2D eigenvalue weighted by Crippen LogP contribution is -2.11. The van der Waals surface area contributed by atoms with Crippen LogP contribution in [-0.2, 0) is 10.0 Å². The van der Waals surface area contributed by atoms with Crippen molar-refractivity contribution in [2.45, 2.75) is 4.90 Å². The molecule has 2 N–H and O–H groups in total. The van der Waals surface area contributed by atoms with Gasteiger partial charge in [0, 0.05) is 22.0 Å². The van der Waals surface area contributed by atoms with Gasteiger partial charge < -0.3 is 4.42 Å². The molecule has 5 nitrogen and oxygen atoms in total. The number of sulfonamides is 1. The Kier molecular flexibility index (Phi) is 2.09. The van der Waals surface area contributed by atoms with Gasteiger partial charge in [0.05, 0.1) is 4.90 Å². The third-order valence-corrected chi connectivity index (χ3v) is 2.91. The molecular formula is C7H5BrN2O3S. The van der Waals surface area contributed by atoms with Crippen LogP contribution in [0.4, 0.5) is 0 Å². The molecule has 0 saturated heterocycles. The molecule has 0 saturated carbocycles. The van der Waals surface area contributed by atoms with E-state index in [9.17, 15) is 8.42 Å². The fourth-order valence-electron chi connectivity index (χ4n) is 1.05. The smallest absolute Gasteiger partial charge is 0.265 e. The number of halogens is 1. The van der Waals surface area contributed by atoms with Crippen LogP contribution in [0.5, 0.6) is 0 Å². The van der Waals surface area contributed by atoms with Crippen molar-refractivity contribution in [3.63, 3.8) is 0 Å². The number of hydrogen-bond acceptors (Lipinski definition) is 4. The van der Waals surface area contributed by atoms with Gasteiger partial charge in [-0.15, -0.1) is 0 Å². The van der Waals surface area contributed by atoms with Crippen LogP contribution < -0.4 is 5.14 Å². The van der Waals surface area contributed by atoms with Gasteiger partial charge in [-0.1, -0.05) is 0 Å². The summed E-state index contributed by atoms with van der Waals surface area (Å²) in [5.74, 6) is 0. The molecule has 2 aromatic rings. The summed E-state index contributed by atoms with van der Waals surface area (Å²) >= 11 is 3.04. The molecule has 0 aliphatic rings. The number of nitrogens with two attached hydrogens (primary N) is 1. The van der Waals surface area contributed by atoms with Crippen molar-refractivity contribution >= 4 is 37.1 Å². The highest BCUT2D eigenvalue weighted by Gasteiger charge is 2.10. The molecule has 0 bridgehead atoms. The molecule has 0 atom stereocenters. The third kappa shape index (κ3) is 1.66. The predicted molar refractivity (Wildman–Crippen MR) is 53.1 cm³/mol. The maximum absolute atomic E-state index is 11.0. The lowest BCUT2D eigenvalue weighted by atomic mass is 10.3. The highest BCUT2D eigenvalue weighted by Crippen LogP contribution is 2.21. The molecular weight excluding hydrogens is 272 g/mol. The standard InChI is InChI=1S/C7H5BrN2O3S/c8-7-10-5-2-1-4(14(9,11)12)3-6(5)13-7/h1-3H,(H2,9,11,12). The molecule has 0 unspecified atom stereocenters. The average molecular weight is 277 g/mol. The first-order valence-electron chi connectivity index (χ1n) is 3.56. The molecule has 0 aliphatic carbocycles. The summed E-state index contributed by atoms with van der Waals surface area (Å²) in [6, 6.07) is 4.25. The molecule has 14 heavy (non-hydrogen) atoms. The van der Waals surface area contributed by atoms with Gasteiger partial charge >= 0.3 is 0 Å². The Hall–Kier alpha value is -0.920. The van der Waals surface area contributed by atoms with Crippen molar-refractivity contribution in [3.05, 3.63) is 23.0 Å². The third-order valence-electron chi connectivity index (χ3n) is 1.66. The van der Waals surface area contributed by atoms with Crippen LogP contribution >= 0.6 is 15.9 Å². The molecule has 1 aromatic carbocycles. The van der Waals surface area contributed by atoms with Gasteiger partial charge in [0.15, 0.2) is 5.58 Å². The van der Waals surface area contributed by atoms with Crippen molar-refractivity contribution in [2.24, 2.45) is 5.14 Å². The first-order chi connectivity index (χ1) is 6.47. The Morgan fingerprint density at radius 3 is 2.79 bits per heavy atom.